The van der Waals surface area contributed by atoms with E-state index in [9.17, 15) is 14.9 Å². The fourth-order valence-electron chi connectivity index (χ4n) is 1.56. The zero-order chi connectivity index (χ0) is 14.7. The second kappa shape index (κ2) is 5.46. The number of nitro groups is 1. The minimum atomic E-state index is -0.569. The van der Waals surface area contributed by atoms with E-state index in [0.717, 1.165) is 17.5 Å². The number of thiazole rings is 1. The smallest absolute Gasteiger partial charge is 0.298 e. The fourth-order valence-corrected chi connectivity index (χ4v) is 2.19. The lowest BCUT2D eigenvalue weighted by Crippen LogP contribution is -2.13. The van der Waals surface area contributed by atoms with Crippen LogP contribution < -0.4 is 5.32 Å². The summed E-state index contributed by atoms with van der Waals surface area (Å²) in [6, 6.07) is 6.65. The van der Waals surface area contributed by atoms with Crippen molar-refractivity contribution in [3.63, 3.8) is 0 Å². The topological polar surface area (TPSA) is 109 Å². The molecule has 0 saturated heterocycles. The minimum Gasteiger partial charge on any atom is -0.298 e. The van der Waals surface area contributed by atoms with Gasteiger partial charge in [-0.3, -0.25) is 20.2 Å². The first-order valence-corrected chi connectivity index (χ1v) is 6.25. The van der Waals surface area contributed by atoms with Gasteiger partial charge in [-0.05, 0) is 42.0 Å². The number of nitrogens with one attached hydrogen (secondary N) is 1. The largest absolute Gasteiger partial charge is 0.345 e. The summed E-state index contributed by atoms with van der Waals surface area (Å²) < 4.78 is 0. The maximum Gasteiger partial charge on any atom is 0.345 e. The molecule has 0 fully saturated rings. The highest BCUT2D eigenvalue weighted by Crippen LogP contribution is 2.25. The van der Waals surface area contributed by atoms with Crippen molar-refractivity contribution in [1.29, 1.82) is 5.26 Å². The number of rotatable bonds is 3. The second-order valence-electron chi connectivity index (χ2n) is 3.86. The molecule has 0 atom stereocenters. The maximum absolute atomic E-state index is 12.0. The van der Waals surface area contributed by atoms with E-state index in [-0.39, 0.29) is 10.1 Å². The number of aromatic nitrogens is 1. The van der Waals surface area contributed by atoms with Crippen LogP contribution >= 0.6 is 11.3 Å². The highest BCUT2D eigenvalue weighted by molar-refractivity contribution is 7.18. The van der Waals surface area contributed by atoms with Crippen molar-refractivity contribution in [3.05, 3.63) is 51.2 Å². The Hall–Kier alpha value is -2.79. The molecule has 100 valence electrons. The number of anilines is 1. The quantitative estimate of drug-likeness (QED) is 0.689. The Morgan fingerprint density at radius 2 is 2.30 bits per heavy atom. The lowest BCUT2D eigenvalue weighted by molar-refractivity contribution is -0.380. The molecule has 0 bridgehead atoms. The van der Waals surface area contributed by atoms with Gasteiger partial charge in [0, 0.05) is 5.56 Å². The van der Waals surface area contributed by atoms with E-state index >= 15 is 0 Å². The lowest BCUT2D eigenvalue weighted by atomic mass is 10.1. The van der Waals surface area contributed by atoms with E-state index in [2.05, 4.69) is 10.3 Å². The van der Waals surface area contributed by atoms with E-state index in [1.807, 2.05) is 6.07 Å². The molecule has 0 saturated carbocycles. The molecule has 0 aliphatic carbocycles. The average molecular weight is 288 g/mol. The Morgan fingerprint density at radius 1 is 1.55 bits per heavy atom. The summed E-state index contributed by atoms with van der Waals surface area (Å²) in [7, 11) is 0. The fraction of sp³-hybridized carbons (Fsp3) is 0.0833. The lowest BCUT2D eigenvalue weighted by Gasteiger charge is -2.05. The van der Waals surface area contributed by atoms with Crippen LogP contribution in [0.2, 0.25) is 0 Å². The summed E-state index contributed by atoms with van der Waals surface area (Å²) in [6.45, 7) is 1.71. The molecule has 0 aliphatic rings. The number of hydrogen-bond acceptors (Lipinski definition) is 6. The normalized spacial score (nSPS) is 9.80. The van der Waals surface area contributed by atoms with Crippen molar-refractivity contribution in [1.82, 2.24) is 4.98 Å². The molecule has 1 amide bonds. The predicted octanol–water partition coefficient (Wildman–Crippen LogP) is 2.48. The van der Waals surface area contributed by atoms with Crippen LogP contribution in [-0.2, 0) is 0 Å². The maximum atomic E-state index is 12.0. The van der Waals surface area contributed by atoms with Crippen LogP contribution in [-0.4, -0.2) is 15.8 Å². The second-order valence-corrected chi connectivity index (χ2v) is 4.87. The van der Waals surface area contributed by atoms with Gasteiger partial charge in [0.05, 0.1) is 16.6 Å². The third-order valence-corrected chi connectivity index (χ3v) is 3.36. The molecule has 0 unspecified atom stereocenters. The minimum absolute atomic E-state index is 0.142. The van der Waals surface area contributed by atoms with Gasteiger partial charge < -0.3 is 0 Å². The number of hydrogen-bond donors (Lipinski definition) is 1. The molecule has 0 spiro atoms. The molecule has 1 N–H and O–H groups in total. The number of carbonyl (C=O) groups excluding carboxylic acids is 1. The predicted molar refractivity (Wildman–Crippen MR) is 72.6 cm³/mol. The number of nitriles is 1. The van der Waals surface area contributed by atoms with Crippen LogP contribution in [0, 0.1) is 28.4 Å². The molecule has 2 aromatic rings. The van der Waals surface area contributed by atoms with Crippen molar-refractivity contribution < 1.29 is 9.72 Å². The molecule has 1 aromatic carbocycles. The van der Waals surface area contributed by atoms with Gasteiger partial charge in [0.2, 0.25) is 0 Å². The number of carbonyl (C=O) groups is 1. The van der Waals surface area contributed by atoms with Gasteiger partial charge in [0.15, 0.2) is 5.13 Å². The third-order valence-electron chi connectivity index (χ3n) is 2.49. The van der Waals surface area contributed by atoms with Crippen molar-refractivity contribution in [3.8, 4) is 6.07 Å². The molecular weight excluding hydrogens is 280 g/mol. The number of nitrogens with zero attached hydrogens (tertiary/aromatic N) is 3. The standard InChI is InChI=1S/C12H8N4O3S/c1-7-4-8(5-13)2-3-9(7)11(17)15-12-14-6-10(20-12)16(18)19/h2-4,6H,1H3,(H,14,15,17). The summed E-state index contributed by atoms with van der Waals surface area (Å²) in [5.41, 5.74) is 1.50. The number of benzene rings is 1. The Labute approximate surface area is 117 Å². The first kappa shape index (κ1) is 13.6. The number of aryl methyl sites for hydroxylation is 1. The first-order valence-electron chi connectivity index (χ1n) is 5.43. The average Bonchev–Trinajstić information content (AvgIpc) is 2.87. The monoisotopic (exact) mass is 288 g/mol. The molecule has 0 aliphatic heterocycles. The van der Waals surface area contributed by atoms with Gasteiger partial charge in [0.25, 0.3) is 5.91 Å². The molecule has 8 heteroatoms. The van der Waals surface area contributed by atoms with Crippen molar-refractivity contribution in [2.75, 3.05) is 5.32 Å². The molecule has 1 aromatic heterocycles. The zero-order valence-electron chi connectivity index (χ0n) is 10.3. The molecule has 20 heavy (non-hydrogen) atoms. The van der Waals surface area contributed by atoms with Gasteiger partial charge in [-0.2, -0.15) is 5.26 Å². The van der Waals surface area contributed by atoms with E-state index in [1.165, 1.54) is 12.1 Å². The molecule has 2 rings (SSSR count). The van der Waals surface area contributed by atoms with Gasteiger partial charge in [0.1, 0.15) is 6.20 Å². The summed E-state index contributed by atoms with van der Waals surface area (Å²) in [4.78, 5) is 25.7. The van der Waals surface area contributed by atoms with Crippen LogP contribution in [0.25, 0.3) is 0 Å². The van der Waals surface area contributed by atoms with Crippen LogP contribution in [0.3, 0.4) is 0 Å². The highest BCUT2D eigenvalue weighted by atomic mass is 32.1. The van der Waals surface area contributed by atoms with E-state index in [4.69, 9.17) is 5.26 Å². The molecule has 1 heterocycles. The van der Waals surface area contributed by atoms with E-state index in [0.29, 0.717) is 16.7 Å². The van der Waals surface area contributed by atoms with Crippen molar-refractivity contribution in [2.24, 2.45) is 0 Å². The highest BCUT2D eigenvalue weighted by Gasteiger charge is 2.15. The van der Waals surface area contributed by atoms with Gasteiger partial charge >= 0.3 is 5.00 Å². The van der Waals surface area contributed by atoms with Crippen LogP contribution in [0.5, 0.6) is 0 Å². The van der Waals surface area contributed by atoms with Crippen LogP contribution in [0.15, 0.2) is 24.4 Å². The Bertz CT molecular complexity index is 733. The summed E-state index contributed by atoms with van der Waals surface area (Å²) in [5.74, 6) is -0.420. The van der Waals surface area contributed by atoms with Crippen LogP contribution in [0.4, 0.5) is 10.1 Å². The van der Waals surface area contributed by atoms with Gasteiger partial charge in [-0.15, -0.1) is 0 Å². The Morgan fingerprint density at radius 3 is 2.85 bits per heavy atom. The number of amides is 1. The Balaban J connectivity index is 2.19. The molecule has 7 nitrogen and oxygen atoms in total. The molecule has 0 radical (unpaired) electrons. The Kier molecular flexibility index (Phi) is 3.72. The van der Waals surface area contributed by atoms with Crippen molar-refractivity contribution in [2.45, 2.75) is 6.92 Å². The summed E-state index contributed by atoms with van der Waals surface area (Å²) >= 11 is 0.783. The first-order chi connectivity index (χ1) is 9.51. The van der Waals surface area contributed by atoms with Gasteiger partial charge in [-0.25, -0.2) is 4.98 Å². The van der Waals surface area contributed by atoms with E-state index in [1.54, 1.807) is 13.0 Å². The van der Waals surface area contributed by atoms with E-state index < -0.39 is 10.8 Å². The third kappa shape index (κ3) is 2.78. The zero-order valence-corrected chi connectivity index (χ0v) is 11.1. The summed E-state index contributed by atoms with van der Waals surface area (Å²) in [6.07, 6.45) is 1.09. The summed E-state index contributed by atoms with van der Waals surface area (Å²) in [5, 5.41) is 21.8. The SMILES string of the molecule is Cc1cc(C#N)ccc1C(=O)Nc1ncc([N+](=O)[O-])s1. The van der Waals surface area contributed by atoms with Crippen LogP contribution in [0.1, 0.15) is 21.5 Å². The van der Waals surface area contributed by atoms with Crippen molar-refractivity contribution >= 4 is 27.4 Å². The van der Waals surface area contributed by atoms with Gasteiger partial charge in [-0.1, -0.05) is 0 Å². The molecular formula is C12H8N4O3S.